The molecule has 2 aromatic carbocycles. The quantitative estimate of drug-likeness (QED) is 0.446. The molecule has 0 unspecified atom stereocenters. The smallest absolute Gasteiger partial charge is 0.251 e. The molecule has 3 N–H and O–H groups in total. The molecule has 0 bridgehead atoms. The highest BCUT2D eigenvalue weighted by molar-refractivity contribution is 7.89. The van der Waals surface area contributed by atoms with Crippen LogP contribution < -0.4 is 20.1 Å². The van der Waals surface area contributed by atoms with Crippen LogP contribution >= 0.6 is 0 Å². The van der Waals surface area contributed by atoms with Gasteiger partial charge in [0.15, 0.2) is 0 Å². The predicted octanol–water partition coefficient (Wildman–Crippen LogP) is 0.666. The number of rotatable bonds is 11. The van der Waals surface area contributed by atoms with Crippen molar-refractivity contribution in [3.05, 3.63) is 59.7 Å². The molecule has 30 heavy (non-hydrogen) atoms. The van der Waals surface area contributed by atoms with E-state index in [9.17, 15) is 18.0 Å². The molecule has 10 heteroatoms. The zero-order valence-electron chi connectivity index (χ0n) is 16.8. The number of carbonyl (C=O) groups is 2. The summed E-state index contributed by atoms with van der Waals surface area (Å²) in [6, 6.07) is 12.8. The van der Waals surface area contributed by atoms with Crippen molar-refractivity contribution < 1.29 is 27.5 Å². The van der Waals surface area contributed by atoms with E-state index >= 15 is 0 Å². The highest BCUT2D eigenvalue weighted by atomic mass is 32.2. The number of hydrogen-bond acceptors (Lipinski definition) is 6. The molecule has 9 nitrogen and oxygen atoms in total. The summed E-state index contributed by atoms with van der Waals surface area (Å²) in [4.78, 5) is 24.2. The van der Waals surface area contributed by atoms with Gasteiger partial charge in [-0.15, -0.1) is 0 Å². The first kappa shape index (κ1) is 23.3. The lowest BCUT2D eigenvalue weighted by Gasteiger charge is -2.09. The lowest BCUT2D eigenvalue weighted by Crippen LogP contribution is -2.36. The Kier molecular flexibility index (Phi) is 8.78. The number of sulfonamides is 1. The highest BCUT2D eigenvalue weighted by Crippen LogP contribution is 2.12. The van der Waals surface area contributed by atoms with E-state index in [0.717, 1.165) is 11.3 Å². The zero-order valence-corrected chi connectivity index (χ0v) is 17.6. The van der Waals surface area contributed by atoms with Crippen LogP contribution in [0.4, 0.5) is 0 Å². The summed E-state index contributed by atoms with van der Waals surface area (Å²) in [5.41, 5.74) is 1.02. The summed E-state index contributed by atoms with van der Waals surface area (Å²) in [7, 11) is -0.726. The van der Waals surface area contributed by atoms with Gasteiger partial charge in [-0.3, -0.25) is 9.59 Å². The Labute approximate surface area is 175 Å². The van der Waals surface area contributed by atoms with Crippen molar-refractivity contribution in [2.24, 2.45) is 0 Å². The molecule has 0 fully saturated rings. The fraction of sp³-hybridized carbons (Fsp3) is 0.300. The van der Waals surface area contributed by atoms with E-state index in [1.54, 1.807) is 19.2 Å². The summed E-state index contributed by atoms with van der Waals surface area (Å²) >= 11 is 0. The molecule has 0 aromatic heterocycles. The van der Waals surface area contributed by atoms with Gasteiger partial charge in [-0.25, -0.2) is 13.1 Å². The monoisotopic (exact) mass is 435 g/mol. The second-order valence-corrected chi connectivity index (χ2v) is 7.99. The van der Waals surface area contributed by atoms with Gasteiger partial charge in [0.05, 0.1) is 25.2 Å². The Morgan fingerprint density at radius 1 is 1.00 bits per heavy atom. The summed E-state index contributed by atoms with van der Waals surface area (Å²) in [6.45, 7) is 0.409. The fourth-order valence-electron chi connectivity index (χ4n) is 2.44. The molecule has 2 amide bonds. The Morgan fingerprint density at radius 3 is 2.40 bits per heavy atom. The number of nitrogens with one attached hydrogen (secondary N) is 3. The molecule has 0 spiro atoms. The van der Waals surface area contributed by atoms with Gasteiger partial charge in [-0.1, -0.05) is 18.2 Å². The third-order valence-corrected chi connectivity index (χ3v) is 5.52. The molecular formula is C20H25N3O6S. The van der Waals surface area contributed by atoms with Crippen LogP contribution in [0.15, 0.2) is 53.4 Å². The normalized spacial score (nSPS) is 11.0. The van der Waals surface area contributed by atoms with Crippen molar-refractivity contribution in [2.45, 2.75) is 11.4 Å². The SMILES string of the molecule is COCCNS(=O)(=O)c1cccc(C(=O)NCC(=O)NCc2ccc(OC)cc2)c1. The average molecular weight is 436 g/mol. The Bertz CT molecular complexity index is 961. The molecule has 0 aliphatic rings. The van der Waals surface area contributed by atoms with E-state index in [-0.39, 0.29) is 36.1 Å². The third-order valence-electron chi connectivity index (χ3n) is 4.06. The van der Waals surface area contributed by atoms with Crippen molar-refractivity contribution in [3.8, 4) is 5.75 Å². The van der Waals surface area contributed by atoms with Gasteiger partial charge in [0, 0.05) is 25.8 Å². The second-order valence-electron chi connectivity index (χ2n) is 6.23. The maximum Gasteiger partial charge on any atom is 0.251 e. The maximum absolute atomic E-state index is 12.3. The molecule has 0 aliphatic heterocycles. The molecule has 0 heterocycles. The van der Waals surface area contributed by atoms with Gasteiger partial charge in [0.25, 0.3) is 5.91 Å². The first-order valence-electron chi connectivity index (χ1n) is 9.12. The maximum atomic E-state index is 12.3. The van der Waals surface area contributed by atoms with Crippen molar-refractivity contribution in [3.63, 3.8) is 0 Å². The molecule has 2 aromatic rings. The summed E-state index contributed by atoms with van der Waals surface area (Å²) < 4.78 is 36.7. The van der Waals surface area contributed by atoms with E-state index in [0.29, 0.717) is 6.54 Å². The topological polar surface area (TPSA) is 123 Å². The van der Waals surface area contributed by atoms with Crippen LogP contribution in [0, 0.1) is 0 Å². The molecular weight excluding hydrogens is 410 g/mol. The van der Waals surface area contributed by atoms with Gasteiger partial charge in [-0.05, 0) is 35.9 Å². The van der Waals surface area contributed by atoms with Crippen LogP contribution in [-0.2, 0) is 26.1 Å². The van der Waals surface area contributed by atoms with Crippen molar-refractivity contribution >= 4 is 21.8 Å². The number of methoxy groups -OCH3 is 2. The second kappa shape index (κ2) is 11.3. The minimum absolute atomic E-state index is 0.0461. The molecule has 0 radical (unpaired) electrons. The van der Waals surface area contributed by atoms with Gasteiger partial charge in [0.1, 0.15) is 5.75 Å². The number of amides is 2. The summed E-state index contributed by atoms with van der Waals surface area (Å²) in [5.74, 6) is -0.205. The van der Waals surface area contributed by atoms with Gasteiger partial charge < -0.3 is 20.1 Å². The standard InChI is InChI=1S/C20H25N3O6S/c1-28-11-10-23-30(26,27)18-5-3-4-16(12-18)20(25)22-14-19(24)21-13-15-6-8-17(29-2)9-7-15/h3-9,12,23H,10-11,13-14H2,1-2H3,(H,21,24)(H,22,25). The molecule has 0 saturated carbocycles. The summed E-state index contributed by atoms with van der Waals surface area (Å²) in [5, 5.41) is 5.17. The van der Waals surface area contributed by atoms with Crippen LogP contribution in [0.3, 0.4) is 0 Å². The van der Waals surface area contributed by atoms with Gasteiger partial charge in [0.2, 0.25) is 15.9 Å². The summed E-state index contributed by atoms with van der Waals surface area (Å²) in [6.07, 6.45) is 0. The number of hydrogen-bond donors (Lipinski definition) is 3. The van der Waals surface area contributed by atoms with E-state index in [1.165, 1.54) is 31.4 Å². The van der Waals surface area contributed by atoms with Crippen molar-refractivity contribution in [2.75, 3.05) is 33.9 Å². The fourth-order valence-corrected chi connectivity index (χ4v) is 3.49. The van der Waals surface area contributed by atoms with Crippen LogP contribution in [0.2, 0.25) is 0 Å². The molecule has 0 saturated heterocycles. The first-order valence-corrected chi connectivity index (χ1v) is 10.6. The molecule has 162 valence electrons. The Balaban J connectivity index is 1.87. The number of carbonyl (C=O) groups excluding carboxylic acids is 2. The minimum atomic E-state index is -3.76. The molecule has 2 rings (SSSR count). The van der Waals surface area contributed by atoms with Crippen molar-refractivity contribution in [1.82, 2.24) is 15.4 Å². The Morgan fingerprint density at radius 2 is 1.73 bits per heavy atom. The lowest BCUT2D eigenvalue weighted by molar-refractivity contribution is -0.120. The van der Waals surface area contributed by atoms with Gasteiger partial charge in [-0.2, -0.15) is 0 Å². The largest absolute Gasteiger partial charge is 0.497 e. The molecule has 0 atom stereocenters. The van der Waals surface area contributed by atoms with E-state index in [2.05, 4.69) is 15.4 Å². The number of benzene rings is 2. The first-order chi connectivity index (χ1) is 14.4. The van der Waals surface area contributed by atoms with E-state index in [1.807, 2.05) is 12.1 Å². The predicted molar refractivity (Wildman–Crippen MR) is 111 cm³/mol. The van der Waals surface area contributed by atoms with Crippen LogP contribution in [0.25, 0.3) is 0 Å². The zero-order chi connectivity index (χ0) is 22.0. The Hall–Kier alpha value is -2.95. The van der Waals surface area contributed by atoms with Gasteiger partial charge >= 0.3 is 0 Å². The average Bonchev–Trinajstić information content (AvgIpc) is 2.76. The van der Waals surface area contributed by atoms with E-state index in [4.69, 9.17) is 9.47 Å². The van der Waals surface area contributed by atoms with Crippen molar-refractivity contribution in [1.29, 1.82) is 0 Å². The highest BCUT2D eigenvalue weighted by Gasteiger charge is 2.16. The third kappa shape index (κ3) is 7.14. The van der Waals surface area contributed by atoms with Crippen LogP contribution in [0.1, 0.15) is 15.9 Å². The minimum Gasteiger partial charge on any atom is -0.497 e. The lowest BCUT2D eigenvalue weighted by atomic mass is 10.2. The van der Waals surface area contributed by atoms with Crippen LogP contribution in [-0.4, -0.2) is 54.1 Å². The molecule has 0 aliphatic carbocycles. The van der Waals surface area contributed by atoms with Crippen LogP contribution in [0.5, 0.6) is 5.75 Å². The number of ether oxygens (including phenoxy) is 2. The van der Waals surface area contributed by atoms with E-state index < -0.39 is 15.9 Å².